The number of hydrogen-bond acceptors (Lipinski definition) is 6. The topological polar surface area (TPSA) is 100 Å². The van der Waals surface area contributed by atoms with Gasteiger partial charge in [0.15, 0.2) is 17.5 Å². The van der Waals surface area contributed by atoms with Gasteiger partial charge in [0.1, 0.15) is 5.56 Å². The van der Waals surface area contributed by atoms with Gasteiger partial charge in [-0.05, 0) is 6.92 Å². The molecule has 0 saturated carbocycles. The fourth-order valence-electron chi connectivity index (χ4n) is 2.64. The smallest absolute Gasteiger partial charge is 0.363 e. The van der Waals surface area contributed by atoms with Crippen molar-refractivity contribution in [2.45, 2.75) is 18.0 Å². The zero-order valence-corrected chi connectivity index (χ0v) is 12.5. The first-order valence-corrected chi connectivity index (χ1v) is 7.37. The first-order valence-electron chi connectivity index (χ1n) is 6.39. The summed E-state index contributed by atoms with van der Waals surface area (Å²) in [6.45, 7) is 1.67. The molecule has 0 amide bonds. The van der Waals surface area contributed by atoms with E-state index in [1.54, 1.807) is 6.92 Å². The molecule has 2 aromatic rings. The van der Waals surface area contributed by atoms with Crippen LogP contribution in [-0.2, 0) is 4.84 Å². The van der Waals surface area contributed by atoms with Crippen molar-refractivity contribution in [1.82, 2.24) is 4.57 Å². The number of nitrogens with zero attached hydrogens (tertiary/aromatic N) is 1. The van der Waals surface area contributed by atoms with Gasteiger partial charge in [0.05, 0.1) is 21.6 Å². The van der Waals surface area contributed by atoms with Crippen LogP contribution in [0.3, 0.4) is 0 Å². The van der Waals surface area contributed by atoms with Crippen molar-refractivity contribution in [1.29, 1.82) is 0 Å². The lowest BCUT2D eigenvalue weighted by Crippen LogP contribution is -2.26. The predicted octanol–water partition coefficient (Wildman–Crippen LogP) is 1.70. The van der Waals surface area contributed by atoms with Crippen molar-refractivity contribution in [3.8, 4) is 0 Å². The highest BCUT2D eigenvalue weighted by Gasteiger charge is 2.34. The molecule has 0 saturated heterocycles. The molecule has 2 heterocycles. The van der Waals surface area contributed by atoms with E-state index in [9.17, 15) is 22.8 Å². The standard InChI is InChI=1S/C13H10F3N3O3S/c1-3-2-23-12-5(13(21)22-18)11(20)4-9(17)7(15)6(14)8(16)10(4)19(3)12/h3H,2,17-18H2,1H3/t3-/m1/s1. The molecule has 0 radical (unpaired) electrons. The molecule has 3 rings (SSSR count). The van der Waals surface area contributed by atoms with Crippen LogP contribution >= 0.6 is 11.8 Å². The summed E-state index contributed by atoms with van der Waals surface area (Å²) in [5.41, 5.74) is 2.57. The summed E-state index contributed by atoms with van der Waals surface area (Å²) in [6, 6.07) is -0.388. The number of anilines is 1. The van der Waals surface area contributed by atoms with Crippen LogP contribution in [0.2, 0.25) is 0 Å². The Morgan fingerprint density at radius 1 is 1.30 bits per heavy atom. The molecule has 1 aromatic heterocycles. The minimum Gasteiger partial charge on any atom is -0.396 e. The first-order chi connectivity index (χ1) is 10.8. The number of aromatic nitrogens is 1. The lowest BCUT2D eigenvalue weighted by atomic mass is 10.1. The van der Waals surface area contributed by atoms with Gasteiger partial charge in [-0.25, -0.2) is 18.0 Å². The molecule has 10 heteroatoms. The van der Waals surface area contributed by atoms with E-state index in [1.807, 2.05) is 0 Å². The van der Waals surface area contributed by atoms with E-state index < -0.39 is 51.0 Å². The summed E-state index contributed by atoms with van der Waals surface area (Å²) in [7, 11) is 0. The highest BCUT2D eigenvalue weighted by Crippen LogP contribution is 2.40. The molecule has 0 unspecified atom stereocenters. The average Bonchev–Trinajstić information content (AvgIpc) is 2.90. The van der Waals surface area contributed by atoms with Gasteiger partial charge in [0.2, 0.25) is 5.43 Å². The van der Waals surface area contributed by atoms with E-state index in [2.05, 4.69) is 4.84 Å². The minimum absolute atomic E-state index is 0.0785. The van der Waals surface area contributed by atoms with Gasteiger partial charge in [-0.2, -0.15) is 5.90 Å². The van der Waals surface area contributed by atoms with Crippen LogP contribution < -0.4 is 17.1 Å². The molecular formula is C13H10F3N3O3S. The van der Waals surface area contributed by atoms with E-state index in [0.29, 0.717) is 5.75 Å². The molecule has 1 atom stereocenters. The van der Waals surface area contributed by atoms with Crippen LogP contribution in [0.4, 0.5) is 18.9 Å². The van der Waals surface area contributed by atoms with Crippen LogP contribution in [0, 0.1) is 17.5 Å². The normalized spacial score (nSPS) is 16.7. The van der Waals surface area contributed by atoms with Gasteiger partial charge in [-0.3, -0.25) is 4.79 Å². The Kier molecular flexibility index (Phi) is 3.52. The minimum atomic E-state index is -1.78. The Morgan fingerprint density at radius 2 is 1.96 bits per heavy atom. The number of rotatable bonds is 1. The monoisotopic (exact) mass is 345 g/mol. The Balaban J connectivity index is 2.65. The second kappa shape index (κ2) is 5.17. The molecule has 0 bridgehead atoms. The third kappa shape index (κ3) is 1.94. The summed E-state index contributed by atoms with van der Waals surface area (Å²) in [4.78, 5) is 28.4. The number of thioether (sulfide) groups is 1. The molecule has 6 nitrogen and oxygen atoms in total. The highest BCUT2D eigenvalue weighted by atomic mass is 32.2. The summed E-state index contributed by atoms with van der Waals surface area (Å²) in [5, 5.41) is -0.533. The van der Waals surface area contributed by atoms with Crippen molar-refractivity contribution >= 4 is 34.3 Å². The molecule has 0 aliphatic carbocycles. The second-order valence-electron chi connectivity index (χ2n) is 5.02. The van der Waals surface area contributed by atoms with Crippen molar-refractivity contribution in [3.05, 3.63) is 33.2 Å². The third-order valence-corrected chi connectivity index (χ3v) is 5.00. The highest BCUT2D eigenvalue weighted by molar-refractivity contribution is 7.99. The van der Waals surface area contributed by atoms with Gasteiger partial charge in [-0.1, -0.05) is 0 Å². The number of nitrogen functional groups attached to an aromatic ring is 1. The quantitative estimate of drug-likeness (QED) is 0.463. The Labute approximate surface area is 131 Å². The van der Waals surface area contributed by atoms with Crippen molar-refractivity contribution < 1.29 is 22.8 Å². The number of carbonyl (C=O) groups excluding carboxylic acids is 1. The molecule has 1 aliphatic heterocycles. The number of hydrogen-bond donors (Lipinski definition) is 2. The molecule has 1 aliphatic rings. The number of nitrogens with two attached hydrogens (primary N) is 2. The largest absolute Gasteiger partial charge is 0.396 e. The summed E-state index contributed by atoms with van der Waals surface area (Å²) < 4.78 is 43.0. The van der Waals surface area contributed by atoms with Gasteiger partial charge >= 0.3 is 5.97 Å². The molecule has 0 fully saturated rings. The lowest BCUT2D eigenvalue weighted by Gasteiger charge is -2.17. The number of pyridine rings is 1. The molecular weight excluding hydrogens is 335 g/mol. The SMILES string of the molecule is C[C@@H]1CSc2c(C(=O)ON)c(=O)c3c(N)c(F)c(F)c(F)c3n21. The van der Waals surface area contributed by atoms with Crippen LogP contribution in [0.1, 0.15) is 23.3 Å². The van der Waals surface area contributed by atoms with Crippen LogP contribution in [-0.4, -0.2) is 16.3 Å². The molecule has 23 heavy (non-hydrogen) atoms. The van der Waals surface area contributed by atoms with Gasteiger partial charge in [0.25, 0.3) is 0 Å². The maximum absolute atomic E-state index is 14.3. The number of halogens is 3. The molecule has 1 aromatic carbocycles. The maximum Gasteiger partial charge on any atom is 0.363 e. The van der Waals surface area contributed by atoms with Gasteiger partial charge < -0.3 is 15.1 Å². The lowest BCUT2D eigenvalue weighted by molar-refractivity contribution is 0.0496. The number of benzene rings is 1. The third-order valence-electron chi connectivity index (χ3n) is 3.68. The predicted molar refractivity (Wildman–Crippen MR) is 77.5 cm³/mol. The first kappa shape index (κ1) is 15.7. The fraction of sp³-hybridized carbons (Fsp3) is 0.231. The fourth-order valence-corrected chi connectivity index (χ4v) is 3.92. The molecule has 4 N–H and O–H groups in total. The van der Waals surface area contributed by atoms with E-state index in [0.717, 1.165) is 11.8 Å². The summed E-state index contributed by atoms with van der Waals surface area (Å²) in [5.74, 6) is -0.942. The zero-order chi connectivity index (χ0) is 17.0. The zero-order valence-electron chi connectivity index (χ0n) is 11.7. The Morgan fingerprint density at radius 3 is 2.57 bits per heavy atom. The summed E-state index contributed by atoms with van der Waals surface area (Å²) >= 11 is 1.08. The average molecular weight is 345 g/mol. The number of fused-ring (bicyclic) bond motifs is 3. The second-order valence-corrected chi connectivity index (χ2v) is 6.03. The maximum atomic E-state index is 14.3. The van der Waals surface area contributed by atoms with Crippen LogP contribution in [0.15, 0.2) is 9.82 Å². The van der Waals surface area contributed by atoms with Crippen LogP contribution in [0.25, 0.3) is 10.9 Å². The van der Waals surface area contributed by atoms with Crippen LogP contribution in [0.5, 0.6) is 0 Å². The van der Waals surface area contributed by atoms with Gasteiger partial charge in [-0.15, -0.1) is 11.8 Å². The van der Waals surface area contributed by atoms with Crippen molar-refractivity contribution in [2.75, 3.05) is 11.5 Å². The summed E-state index contributed by atoms with van der Waals surface area (Å²) in [6.07, 6.45) is 0. The molecule has 122 valence electrons. The van der Waals surface area contributed by atoms with Crippen molar-refractivity contribution in [2.24, 2.45) is 5.90 Å². The van der Waals surface area contributed by atoms with Crippen molar-refractivity contribution in [3.63, 3.8) is 0 Å². The van der Waals surface area contributed by atoms with E-state index >= 15 is 0 Å². The van der Waals surface area contributed by atoms with E-state index in [1.165, 1.54) is 4.57 Å². The van der Waals surface area contributed by atoms with E-state index in [-0.39, 0.29) is 11.1 Å². The van der Waals surface area contributed by atoms with E-state index in [4.69, 9.17) is 11.6 Å². The Hall–Kier alpha value is -2.20. The number of carbonyl (C=O) groups is 1. The Bertz CT molecular complexity index is 929. The van der Waals surface area contributed by atoms with Gasteiger partial charge in [0, 0.05) is 11.8 Å². The molecule has 0 spiro atoms.